The molecule has 2 aliphatic rings. The van der Waals surface area contributed by atoms with Crippen LogP contribution < -0.4 is 5.32 Å². The predicted molar refractivity (Wildman–Crippen MR) is 65.5 cm³/mol. The lowest BCUT2D eigenvalue weighted by molar-refractivity contribution is 0.0938. The summed E-state index contributed by atoms with van der Waals surface area (Å²) in [6.45, 7) is 0.683. The Morgan fingerprint density at radius 3 is 2.61 bits per heavy atom. The first-order valence-corrected chi connectivity index (χ1v) is 6.64. The molecule has 1 heterocycles. The third-order valence-electron chi connectivity index (χ3n) is 3.96. The van der Waals surface area contributed by atoms with Crippen LogP contribution in [-0.4, -0.2) is 17.4 Å². The minimum atomic E-state index is -0.690. The predicted octanol–water partition coefficient (Wildman–Crippen LogP) is 2.39. The molecule has 2 fully saturated rings. The summed E-state index contributed by atoms with van der Waals surface area (Å²) in [4.78, 5) is 15.4. The maximum atomic E-state index is 13.3. The first-order chi connectivity index (χ1) is 8.75. The zero-order valence-corrected chi connectivity index (χ0v) is 10.2. The Hall–Kier alpha value is -1.45. The summed E-state index contributed by atoms with van der Waals surface area (Å²) in [5.74, 6) is 1.15. The van der Waals surface area contributed by atoms with E-state index >= 15 is 0 Å². The first kappa shape index (κ1) is 11.6. The molecule has 18 heavy (non-hydrogen) atoms. The summed E-state index contributed by atoms with van der Waals surface area (Å²) in [5.41, 5.74) is 0.0443. The highest BCUT2D eigenvalue weighted by atomic mass is 19.1. The topological polar surface area (TPSA) is 42.0 Å². The monoisotopic (exact) mass is 248 g/mol. The summed E-state index contributed by atoms with van der Waals surface area (Å²) in [6.07, 6.45) is 6.51. The van der Waals surface area contributed by atoms with Gasteiger partial charge >= 0.3 is 0 Å². The number of hydrogen-bond acceptors (Lipinski definition) is 2. The SMILES string of the molecule is O=C(NCC(C1CC1)C1CC1)c1cccnc1F. The number of nitrogens with one attached hydrogen (secondary N) is 1. The molecule has 0 atom stereocenters. The van der Waals surface area contributed by atoms with E-state index in [-0.39, 0.29) is 11.5 Å². The fraction of sp³-hybridized carbons (Fsp3) is 0.571. The van der Waals surface area contributed by atoms with E-state index in [2.05, 4.69) is 10.3 Å². The number of amides is 1. The zero-order chi connectivity index (χ0) is 12.5. The van der Waals surface area contributed by atoms with Crippen molar-refractivity contribution >= 4 is 5.91 Å². The Bertz CT molecular complexity index is 443. The van der Waals surface area contributed by atoms with Gasteiger partial charge in [-0.05, 0) is 55.6 Å². The van der Waals surface area contributed by atoms with Crippen molar-refractivity contribution in [1.82, 2.24) is 10.3 Å². The van der Waals surface area contributed by atoms with Crippen molar-refractivity contribution < 1.29 is 9.18 Å². The van der Waals surface area contributed by atoms with E-state index in [9.17, 15) is 9.18 Å². The van der Waals surface area contributed by atoms with Gasteiger partial charge in [-0.25, -0.2) is 4.98 Å². The minimum absolute atomic E-state index is 0.0443. The highest BCUT2D eigenvalue weighted by Crippen LogP contribution is 2.48. The number of aromatic nitrogens is 1. The highest BCUT2D eigenvalue weighted by Gasteiger charge is 2.41. The Kier molecular flexibility index (Phi) is 3.02. The summed E-state index contributed by atoms with van der Waals surface area (Å²) in [7, 11) is 0. The summed E-state index contributed by atoms with van der Waals surface area (Å²) >= 11 is 0. The molecule has 0 unspecified atom stereocenters. The fourth-order valence-corrected chi connectivity index (χ4v) is 2.63. The van der Waals surface area contributed by atoms with Gasteiger partial charge in [0.25, 0.3) is 5.91 Å². The molecule has 0 bridgehead atoms. The lowest BCUT2D eigenvalue weighted by Gasteiger charge is -2.16. The molecule has 0 aromatic carbocycles. The maximum absolute atomic E-state index is 13.3. The number of halogens is 1. The number of pyridine rings is 1. The van der Waals surface area contributed by atoms with Gasteiger partial charge in [-0.1, -0.05) is 0 Å². The third kappa shape index (κ3) is 2.52. The van der Waals surface area contributed by atoms with Crippen molar-refractivity contribution in [2.24, 2.45) is 17.8 Å². The third-order valence-corrected chi connectivity index (χ3v) is 3.96. The maximum Gasteiger partial charge on any atom is 0.255 e. The summed E-state index contributed by atoms with van der Waals surface area (Å²) in [6, 6.07) is 3.05. The number of nitrogens with zero attached hydrogens (tertiary/aromatic N) is 1. The van der Waals surface area contributed by atoms with Crippen molar-refractivity contribution in [3.8, 4) is 0 Å². The van der Waals surface area contributed by atoms with Crippen LogP contribution in [0.5, 0.6) is 0 Å². The van der Waals surface area contributed by atoms with Crippen LogP contribution in [0.15, 0.2) is 18.3 Å². The molecule has 1 aromatic rings. The average molecular weight is 248 g/mol. The normalized spacial score (nSPS) is 19.0. The summed E-state index contributed by atoms with van der Waals surface area (Å²) in [5, 5.41) is 2.86. The lowest BCUT2D eigenvalue weighted by Crippen LogP contribution is -2.31. The molecule has 4 heteroatoms. The van der Waals surface area contributed by atoms with Gasteiger partial charge in [-0.15, -0.1) is 0 Å². The van der Waals surface area contributed by atoms with Crippen LogP contribution >= 0.6 is 0 Å². The van der Waals surface area contributed by atoms with Gasteiger partial charge < -0.3 is 5.32 Å². The van der Waals surface area contributed by atoms with E-state index in [1.807, 2.05) is 0 Å². The molecule has 3 rings (SSSR count). The van der Waals surface area contributed by atoms with Gasteiger partial charge in [-0.3, -0.25) is 4.79 Å². The van der Waals surface area contributed by atoms with Crippen molar-refractivity contribution in [2.75, 3.05) is 6.54 Å². The molecule has 0 spiro atoms. The Morgan fingerprint density at radius 2 is 2.06 bits per heavy atom. The molecular weight excluding hydrogens is 231 g/mol. The smallest absolute Gasteiger partial charge is 0.255 e. The van der Waals surface area contributed by atoms with Crippen molar-refractivity contribution in [2.45, 2.75) is 25.7 Å². The standard InChI is InChI=1S/C14H17FN2O/c15-13-11(2-1-7-16-13)14(18)17-8-12(9-3-4-9)10-5-6-10/h1-2,7,9-10,12H,3-6,8H2,(H,17,18). The second-order valence-corrected chi connectivity index (χ2v) is 5.39. The van der Waals surface area contributed by atoms with Crippen LogP contribution in [-0.2, 0) is 0 Å². The van der Waals surface area contributed by atoms with Crippen molar-refractivity contribution in [3.05, 3.63) is 29.8 Å². The molecule has 0 saturated heterocycles. The Balaban J connectivity index is 1.59. The number of hydrogen-bond donors (Lipinski definition) is 1. The first-order valence-electron chi connectivity index (χ1n) is 6.64. The van der Waals surface area contributed by atoms with E-state index in [4.69, 9.17) is 0 Å². The van der Waals surface area contributed by atoms with Gasteiger partial charge in [0, 0.05) is 12.7 Å². The molecule has 3 nitrogen and oxygen atoms in total. The lowest BCUT2D eigenvalue weighted by atomic mass is 9.98. The molecule has 96 valence electrons. The van der Waals surface area contributed by atoms with Gasteiger partial charge in [0.05, 0.1) is 5.56 Å². The van der Waals surface area contributed by atoms with Crippen molar-refractivity contribution in [3.63, 3.8) is 0 Å². The van der Waals surface area contributed by atoms with Crippen LogP contribution in [0.25, 0.3) is 0 Å². The molecule has 1 N–H and O–H groups in total. The molecular formula is C14H17FN2O. The molecule has 1 amide bonds. The van der Waals surface area contributed by atoms with E-state index in [1.54, 1.807) is 6.07 Å². The van der Waals surface area contributed by atoms with Crippen LogP contribution in [0.2, 0.25) is 0 Å². The van der Waals surface area contributed by atoms with E-state index < -0.39 is 5.95 Å². The second-order valence-electron chi connectivity index (χ2n) is 5.39. The van der Waals surface area contributed by atoms with Crippen LogP contribution in [0.1, 0.15) is 36.0 Å². The molecule has 2 aliphatic carbocycles. The number of rotatable bonds is 5. The Labute approximate surface area is 106 Å². The van der Waals surface area contributed by atoms with Gasteiger partial charge in [0.2, 0.25) is 5.95 Å². The minimum Gasteiger partial charge on any atom is -0.352 e. The molecule has 0 radical (unpaired) electrons. The van der Waals surface area contributed by atoms with Crippen LogP contribution in [0.3, 0.4) is 0 Å². The number of carbonyl (C=O) groups excluding carboxylic acids is 1. The zero-order valence-electron chi connectivity index (χ0n) is 10.2. The van der Waals surface area contributed by atoms with Crippen LogP contribution in [0, 0.1) is 23.7 Å². The largest absolute Gasteiger partial charge is 0.352 e. The van der Waals surface area contributed by atoms with Gasteiger partial charge in [-0.2, -0.15) is 4.39 Å². The van der Waals surface area contributed by atoms with Crippen LogP contribution in [0.4, 0.5) is 4.39 Å². The average Bonchev–Trinajstić information content (AvgIpc) is 3.24. The molecule has 1 aromatic heterocycles. The molecule has 2 saturated carbocycles. The second kappa shape index (κ2) is 4.67. The Morgan fingerprint density at radius 1 is 1.39 bits per heavy atom. The summed E-state index contributed by atoms with van der Waals surface area (Å²) < 4.78 is 13.3. The highest BCUT2D eigenvalue weighted by molar-refractivity contribution is 5.94. The van der Waals surface area contributed by atoms with E-state index in [0.717, 1.165) is 11.8 Å². The quantitative estimate of drug-likeness (QED) is 0.813. The van der Waals surface area contributed by atoms with Gasteiger partial charge in [0.1, 0.15) is 0 Å². The molecule has 0 aliphatic heterocycles. The van der Waals surface area contributed by atoms with Crippen molar-refractivity contribution in [1.29, 1.82) is 0 Å². The number of carbonyl (C=O) groups is 1. The van der Waals surface area contributed by atoms with Gasteiger partial charge in [0.15, 0.2) is 0 Å². The van der Waals surface area contributed by atoms with E-state index in [0.29, 0.717) is 12.5 Å². The fourth-order valence-electron chi connectivity index (χ4n) is 2.63. The van der Waals surface area contributed by atoms with E-state index in [1.165, 1.54) is 37.9 Å².